The SMILES string of the molecule is O=C(CN1C(=O)CCC1=O)N1CCN(C(=O)NCCc2ccccc2)CC1. The number of piperazine rings is 1. The average molecular weight is 372 g/mol. The van der Waals surface area contributed by atoms with Crippen molar-refractivity contribution in [1.29, 1.82) is 0 Å². The van der Waals surface area contributed by atoms with Gasteiger partial charge in [-0.25, -0.2) is 4.79 Å². The number of benzene rings is 1. The molecule has 2 heterocycles. The summed E-state index contributed by atoms with van der Waals surface area (Å²) in [5, 5.41) is 2.90. The number of nitrogens with one attached hydrogen (secondary N) is 1. The van der Waals surface area contributed by atoms with E-state index in [1.54, 1.807) is 9.80 Å². The van der Waals surface area contributed by atoms with Crippen molar-refractivity contribution in [2.24, 2.45) is 0 Å². The molecule has 0 atom stereocenters. The van der Waals surface area contributed by atoms with Crippen molar-refractivity contribution in [3.05, 3.63) is 35.9 Å². The molecule has 0 bridgehead atoms. The van der Waals surface area contributed by atoms with Crippen LogP contribution in [0.4, 0.5) is 4.79 Å². The van der Waals surface area contributed by atoms with Crippen LogP contribution in [0.15, 0.2) is 30.3 Å². The third-order valence-electron chi connectivity index (χ3n) is 4.90. The predicted octanol–water partition coefficient (Wildman–Crippen LogP) is 0.232. The van der Waals surface area contributed by atoms with Gasteiger partial charge in [-0.05, 0) is 12.0 Å². The fourth-order valence-electron chi connectivity index (χ4n) is 3.26. The number of hydrogen-bond acceptors (Lipinski definition) is 4. The number of imide groups is 1. The lowest BCUT2D eigenvalue weighted by Crippen LogP contribution is -2.55. The Bertz CT molecular complexity index is 698. The highest BCUT2D eigenvalue weighted by Gasteiger charge is 2.32. The van der Waals surface area contributed by atoms with Crippen molar-refractivity contribution in [2.75, 3.05) is 39.3 Å². The molecule has 0 saturated carbocycles. The van der Waals surface area contributed by atoms with Gasteiger partial charge < -0.3 is 15.1 Å². The van der Waals surface area contributed by atoms with Gasteiger partial charge in [-0.2, -0.15) is 0 Å². The molecule has 144 valence electrons. The highest BCUT2D eigenvalue weighted by Crippen LogP contribution is 2.12. The van der Waals surface area contributed by atoms with E-state index in [1.807, 2.05) is 30.3 Å². The van der Waals surface area contributed by atoms with E-state index in [2.05, 4.69) is 5.32 Å². The summed E-state index contributed by atoms with van der Waals surface area (Å²) in [6.45, 7) is 2.04. The van der Waals surface area contributed by atoms with E-state index in [4.69, 9.17) is 0 Å². The smallest absolute Gasteiger partial charge is 0.317 e. The summed E-state index contributed by atoms with van der Waals surface area (Å²) >= 11 is 0. The van der Waals surface area contributed by atoms with E-state index < -0.39 is 0 Å². The first kappa shape index (κ1) is 18.9. The Morgan fingerprint density at radius 2 is 1.48 bits per heavy atom. The Morgan fingerprint density at radius 1 is 0.889 bits per heavy atom. The van der Waals surface area contributed by atoms with Crippen molar-refractivity contribution in [3.63, 3.8) is 0 Å². The summed E-state index contributed by atoms with van der Waals surface area (Å²) < 4.78 is 0. The van der Waals surface area contributed by atoms with Crippen molar-refractivity contribution < 1.29 is 19.2 Å². The van der Waals surface area contributed by atoms with Crippen molar-refractivity contribution in [1.82, 2.24) is 20.0 Å². The van der Waals surface area contributed by atoms with Crippen molar-refractivity contribution in [3.8, 4) is 0 Å². The molecule has 8 heteroatoms. The molecular weight excluding hydrogens is 348 g/mol. The number of likely N-dealkylation sites (tertiary alicyclic amines) is 1. The molecule has 2 fully saturated rings. The molecule has 2 aliphatic rings. The number of urea groups is 1. The monoisotopic (exact) mass is 372 g/mol. The maximum Gasteiger partial charge on any atom is 0.317 e. The van der Waals surface area contributed by atoms with E-state index in [-0.39, 0.29) is 43.1 Å². The molecule has 2 saturated heterocycles. The normalized spacial score (nSPS) is 17.4. The molecule has 2 aliphatic heterocycles. The molecule has 27 heavy (non-hydrogen) atoms. The number of carbonyl (C=O) groups excluding carboxylic acids is 4. The van der Waals surface area contributed by atoms with Crippen LogP contribution in [0.25, 0.3) is 0 Å². The second-order valence-corrected chi connectivity index (χ2v) is 6.71. The van der Waals surface area contributed by atoms with Gasteiger partial charge in [0.1, 0.15) is 6.54 Å². The first-order valence-electron chi connectivity index (χ1n) is 9.22. The van der Waals surface area contributed by atoms with Crippen LogP contribution in [0, 0.1) is 0 Å². The number of carbonyl (C=O) groups is 4. The molecule has 0 radical (unpaired) electrons. The third-order valence-corrected chi connectivity index (χ3v) is 4.90. The van der Waals surface area contributed by atoms with E-state index in [0.717, 1.165) is 11.3 Å². The van der Waals surface area contributed by atoms with E-state index in [0.29, 0.717) is 32.7 Å². The van der Waals surface area contributed by atoms with Gasteiger partial charge >= 0.3 is 6.03 Å². The third kappa shape index (κ3) is 4.84. The molecule has 0 aromatic heterocycles. The topological polar surface area (TPSA) is 90.0 Å². The Balaban J connectivity index is 1.39. The summed E-state index contributed by atoms with van der Waals surface area (Å²) in [6, 6.07) is 9.80. The lowest BCUT2D eigenvalue weighted by Gasteiger charge is -2.35. The second-order valence-electron chi connectivity index (χ2n) is 6.71. The largest absolute Gasteiger partial charge is 0.338 e. The molecule has 5 amide bonds. The average Bonchev–Trinajstić information content (AvgIpc) is 3.01. The molecule has 0 spiro atoms. The van der Waals surface area contributed by atoms with E-state index >= 15 is 0 Å². The van der Waals surface area contributed by atoms with Crippen LogP contribution in [0.1, 0.15) is 18.4 Å². The van der Waals surface area contributed by atoms with Gasteiger partial charge in [0.15, 0.2) is 0 Å². The zero-order chi connectivity index (χ0) is 19.2. The highest BCUT2D eigenvalue weighted by molar-refractivity contribution is 6.04. The molecule has 1 aromatic rings. The summed E-state index contributed by atoms with van der Waals surface area (Å²) in [4.78, 5) is 52.1. The molecule has 1 N–H and O–H groups in total. The fraction of sp³-hybridized carbons (Fsp3) is 0.474. The standard InChI is InChI=1S/C19H24N4O4/c24-16-6-7-17(25)23(16)14-18(26)21-10-12-22(13-11-21)19(27)20-9-8-15-4-2-1-3-5-15/h1-5H,6-14H2,(H,20,27). The second kappa shape index (κ2) is 8.66. The minimum Gasteiger partial charge on any atom is -0.338 e. The van der Waals surface area contributed by atoms with E-state index in [1.165, 1.54) is 5.56 Å². The van der Waals surface area contributed by atoms with Gasteiger partial charge in [-0.3, -0.25) is 19.3 Å². The van der Waals surface area contributed by atoms with Gasteiger partial charge in [0, 0.05) is 45.6 Å². The van der Waals surface area contributed by atoms with Gasteiger partial charge in [-0.15, -0.1) is 0 Å². The lowest BCUT2D eigenvalue weighted by molar-refractivity contribution is -0.146. The summed E-state index contributed by atoms with van der Waals surface area (Å²) in [7, 11) is 0. The molecule has 0 unspecified atom stereocenters. The molecule has 1 aromatic carbocycles. The van der Waals surface area contributed by atoms with Crippen LogP contribution in [0.3, 0.4) is 0 Å². The zero-order valence-electron chi connectivity index (χ0n) is 15.2. The fourth-order valence-corrected chi connectivity index (χ4v) is 3.26. The molecule has 0 aliphatic carbocycles. The van der Waals surface area contributed by atoms with E-state index in [9.17, 15) is 19.2 Å². The van der Waals surface area contributed by atoms with Gasteiger partial charge in [0.2, 0.25) is 17.7 Å². The number of amides is 5. The zero-order valence-corrected chi connectivity index (χ0v) is 15.2. The summed E-state index contributed by atoms with van der Waals surface area (Å²) in [6.07, 6.45) is 1.13. The van der Waals surface area contributed by atoms with Crippen LogP contribution in [-0.4, -0.2) is 77.7 Å². The van der Waals surface area contributed by atoms with Crippen LogP contribution >= 0.6 is 0 Å². The Labute approximate surface area is 158 Å². The first-order chi connectivity index (χ1) is 13.0. The van der Waals surface area contributed by atoms with Crippen LogP contribution in [0.5, 0.6) is 0 Å². The van der Waals surface area contributed by atoms with Crippen LogP contribution in [-0.2, 0) is 20.8 Å². The maximum absolute atomic E-state index is 12.3. The summed E-state index contributed by atoms with van der Waals surface area (Å²) in [5.41, 5.74) is 1.17. The number of rotatable bonds is 5. The molecular formula is C19H24N4O4. The number of hydrogen-bond donors (Lipinski definition) is 1. The van der Waals surface area contributed by atoms with Crippen molar-refractivity contribution >= 4 is 23.8 Å². The lowest BCUT2D eigenvalue weighted by atomic mass is 10.1. The van der Waals surface area contributed by atoms with Crippen molar-refractivity contribution in [2.45, 2.75) is 19.3 Å². The highest BCUT2D eigenvalue weighted by atomic mass is 16.2. The minimum atomic E-state index is -0.287. The van der Waals surface area contributed by atoms with Crippen LogP contribution in [0.2, 0.25) is 0 Å². The van der Waals surface area contributed by atoms with Gasteiger partial charge in [0.05, 0.1) is 0 Å². The molecule has 8 nitrogen and oxygen atoms in total. The van der Waals surface area contributed by atoms with Crippen LogP contribution < -0.4 is 5.32 Å². The predicted molar refractivity (Wildman–Crippen MR) is 97.7 cm³/mol. The Morgan fingerprint density at radius 3 is 2.11 bits per heavy atom. The van der Waals surface area contributed by atoms with Gasteiger partial charge in [0.25, 0.3) is 0 Å². The quantitative estimate of drug-likeness (QED) is 0.750. The molecule has 3 rings (SSSR count). The Kier molecular flexibility index (Phi) is 6.05. The minimum absolute atomic E-state index is 0.136. The maximum atomic E-state index is 12.3. The Hall–Kier alpha value is -2.90. The first-order valence-corrected chi connectivity index (χ1v) is 9.22. The van der Waals surface area contributed by atoms with Gasteiger partial charge in [-0.1, -0.05) is 30.3 Å². The summed E-state index contributed by atoms with van der Waals surface area (Å²) in [5.74, 6) is -0.822. The number of nitrogens with zero attached hydrogens (tertiary/aromatic N) is 3.